The Bertz CT molecular complexity index is 776. The van der Waals surface area contributed by atoms with E-state index < -0.39 is 10.8 Å². The van der Waals surface area contributed by atoms with Gasteiger partial charge in [-0.3, -0.25) is 24.7 Å². The van der Waals surface area contributed by atoms with Crippen LogP contribution in [0.3, 0.4) is 0 Å². The van der Waals surface area contributed by atoms with Crippen LogP contribution in [-0.2, 0) is 4.79 Å². The number of carbonyl (C=O) groups excluding carboxylic acids is 1. The van der Waals surface area contributed by atoms with Gasteiger partial charge in [-0.15, -0.1) is 10.2 Å². The molecule has 9 nitrogen and oxygen atoms in total. The Labute approximate surface area is 128 Å². The normalized spacial score (nSPS) is 10.2. The van der Waals surface area contributed by atoms with E-state index in [4.69, 9.17) is 0 Å². The summed E-state index contributed by atoms with van der Waals surface area (Å²) in [4.78, 5) is 35.9. The molecule has 1 aromatic heterocycles. The van der Waals surface area contributed by atoms with E-state index in [0.29, 0.717) is 0 Å². The minimum atomic E-state index is -0.578. The number of nitrogens with zero attached hydrogens (tertiary/aromatic N) is 3. The fraction of sp³-hybridized carbons (Fsp3) is 0.167. The first-order valence-corrected chi connectivity index (χ1v) is 7.05. The summed E-state index contributed by atoms with van der Waals surface area (Å²) in [7, 11) is 0. The summed E-state index contributed by atoms with van der Waals surface area (Å²) in [5.41, 5.74) is -0.226. The lowest BCUT2D eigenvalue weighted by Crippen LogP contribution is -2.17. The molecule has 22 heavy (non-hydrogen) atoms. The molecule has 0 fully saturated rings. The fourth-order valence-electron chi connectivity index (χ4n) is 1.50. The summed E-state index contributed by atoms with van der Waals surface area (Å²) in [5, 5.41) is 20.9. The molecular weight excluding hydrogens is 310 g/mol. The summed E-state index contributed by atoms with van der Waals surface area (Å²) >= 11 is 0.974. The third-order valence-corrected chi connectivity index (χ3v) is 3.42. The van der Waals surface area contributed by atoms with Gasteiger partial charge >= 0.3 is 0 Å². The number of anilines is 1. The van der Waals surface area contributed by atoms with E-state index in [1.807, 2.05) is 0 Å². The van der Waals surface area contributed by atoms with Crippen LogP contribution in [-0.4, -0.2) is 31.8 Å². The van der Waals surface area contributed by atoms with Gasteiger partial charge in [0.15, 0.2) is 5.16 Å². The maximum atomic E-state index is 11.8. The van der Waals surface area contributed by atoms with Crippen LogP contribution < -0.4 is 10.9 Å². The number of thioether (sulfide) groups is 1. The molecule has 0 spiro atoms. The van der Waals surface area contributed by atoms with Gasteiger partial charge in [0.05, 0.1) is 10.7 Å². The molecule has 0 unspecified atom stereocenters. The summed E-state index contributed by atoms with van der Waals surface area (Å²) in [6.07, 6.45) is 0. The van der Waals surface area contributed by atoms with E-state index in [0.717, 1.165) is 11.8 Å². The van der Waals surface area contributed by atoms with Crippen LogP contribution in [0.4, 0.5) is 11.4 Å². The van der Waals surface area contributed by atoms with Crippen molar-refractivity contribution >= 4 is 29.0 Å². The number of nitrogens with one attached hydrogen (secondary N) is 2. The molecule has 0 radical (unpaired) electrons. The lowest BCUT2D eigenvalue weighted by molar-refractivity contribution is -0.383. The number of aryl methyl sites for hydroxylation is 1. The summed E-state index contributed by atoms with van der Waals surface area (Å²) in [5.74, 6) is -0.526. The van der Waals surface area contributed by atoms with Crippen molar-refractivity contribution in [2.24, 2.45) is 0 Å². The fourth-order valence-corrected chi connectivity index (χ4v) is 2.11. The van der Waals surface area contributed by atoms with Crippen LogP contribution >= 0.6 is 11.8 Å². The predicted octanol–water partition coefficient (Wildman–Crippen LogP) is 1.11. The number of H-pyrrole nitrogens is 1. The maximum Gasteiger partial charge on any atom is 0.292 e. The molecule has 114 valence electrons. The maximum absolute atomic E-state index is 11.8. The van der Waals surface area contributed by atoms with Crippen molar-refractivity contribution in [3.05, 3.63) is 50.4 Å². The smallest absolute Gasteiger partial charge is 0.292 e. The molecule has 0 aliphatic rings. The average molecular weight is 321 g/mol. The minimum Gasteiger partial charge on any atom is -0.320 e. The second kappa shape index (κ2) is 6.80. The number of aromatic amines is 1. The Morgan fingerprint density at radius 3 is 2.82 bits per heavy atom. The monoisotopic (exact) mass is 321 g/mol. The average Bonchev–Trinajstić information content (AvgIpc) is 2.49. The standard InChI is InChI=1S/C12H11N5O4S/c1-7-11(19)14-12(16-15-7)22-6-10(18)13-8-4-2-3-5-9(8)17(20)21/h2-5H,6H2,1H3,(H,13,18)(H,14,16,19). The van der Waals surface area contributed by atoms with Crippen LogP contribution in [0.5, 0.6) is 0 Å². The number of amides is 1. The van der Waals surface area contributed by atoms with Gasteiger partial charge in [0, 0.05) is 6.07 Å². The highest BCUT2D eigenvalue weighted by molar-refractivity contribution is 7.99. The molecule has 1 heterocycles. The zero-order valence-corrected chi connectivity index (χ0v) is 12.2. The summed E-state index contributed by atoms with van der Waals surface area (Å²) < 4.78 is 0. The van der Waals surface area contributed by atoms with E-state index in [-0.39, 0.29) is 33.5 Å². The number of benzene rings is 1. The summed E-state index contributed by atoms with van der Waals surface area (Å²) in [6, 6.07) is 5.83. The van der Waals surface area contributed by atoms with Crippen LogP contribution in [0.1, 0.15) is 5.69 Å². The largest absolute Gasteiger partial charge is 0.320 e. The van der Waals surface area contributed by atoms with E-state index in [2.05, 4.69) is 20.5 Å². The van der Waals surface area contributed by atoms with E-state index in [1.54, 1.807) is 6.07 Å². The van der Waals surface area contributed by atoms with Gasteiger partial charge < -0.3 is 5.32 Å². The van der Waals surface area contributed by atoms with Crippen molar-refractivity contribution in [2.75, 3.05) is 11.1 Å². The van der Waals surface area contributed by atoms with Crippen molar-refractivity contribution in [1.29, 1.82) is 0 Å². The third kappa shape index (κ3) is 3.88. The van der Waals surface area contributed by atoms with Gasteiger partial charge in [0.1, 0.15) is 11.4 Å². The van der Waals surface area contributed by atoms with Crippen LogP contribution in [0, 0.1) is 17.0 Å². The van der Waals surface area contributed by atoms with Gasteiger partial charge in [0.2, 0.25) is 5.91 Å². The van der Waals surface area contributed by atoms with Crippen molar-refractivity contribution in [2.45, 2.75) is 12.1 Å². The lowest BCUT2D eigenvalue weighted by atomic mass is 10.2. The minimum absolute atomic E-state index is 0.0697. The second-order valence-corrected chi connectivity index (χ2v) is 5.12. The number of nitro groups is 1. The first-order chi connectivity index (χ1) is 10.5. The number of hydrogen-bond donors (Lipinski definition) is 2. The van der Waals surface area contributed by atoms with E-state index in [9.17, 15) is 19.7 Å². The third-order valence-electron chi connectivity index (χ3n) is 2.55. The predicted molar refractivity (Wildman–Crippen MR) is 79.8 cm³/mol. The Kier molecular flexibility index (Phi) is 4.84. The Balaban J connectivity index is 2.00. The number of nitro benzene ring substituents is 1. The van der Waals surface area contributed by atoms with Crippen molar-refractivity contribution in [3.8, 4) is 0 Å². The first-order valence-electron chi connectivity index (χ1n) is 6.07. The molecule has 0 aliphatic carbocycles. The quantitative estimate of drug-likeness (QED) is 0.479. The second-order valence-electron chi connectivity index (χ2n) is 4.16. The van der Waals surface area contributed by atoms with E-state index >= 15 is 0 Å². The Morgan fingerprint density at radius 1 is 1.41 bits per heavy atom. The van der Waals surface area contributed by atoms with Gasteiger partial charge in [-0.1, -0.05) is 23.9 Å². The number of rotatable bonds is 5. The van der Waals surface area contributed by atoms with Gasteiger partial charge in [-0.25, -0.2) is 0 Å². The topological polar surface area (TPSA) is 131 Å². The summed E-state index contributed by atoms with van der Waals surface area (Å²) in [6.45, 7) is 1.52. The van der Waals surface area contributed by atoms with Crippen LogP contribution in [0.25, 0.3) is 0 Å². The molecule has 2 aromatic rings. The van der Waals surface area contributed by atoms with Crippen molar-refractivity contribution in [1.82, 2.24) is 15.2 Å². The Hall–Kier alpha value is -2.75. The zero-order chi connectivity index (χ0) is 16.1. The SMILES string of the molecule is Cc1nnc(SCC(=O)Nc2ccccc2[N+](=O)[O-])[nH]c1=O. The molecule has 10 heteroatoms. The Morgan fingerprint density at radius 2 is 2.14 bits per heavy atom. The highest BCUT2D eigenvalue weighted by atomic mass is 32.2. The molecule has 1 aromatic carbocycles. The van der Waals surface area contributed by atoms with Crippen LogP contribution in [0.15, 0.2) is 34.2 Å². The van der Waals surface area contributed by atoms with Gasteiger partial charge in [-0.05, 0) is 13.0 Å². The number of para-hydroxylation sites is 2. The van der Waals surface area contributed by atoms with Gasteiger partial charge in [0.25, 0.3) is 11.2 Å². The molecule has 2 N–H and O–H groups in total. The van der Waals surface area contributed by atoms with E-state index in [1.165, 1.54) is 25.1 Å². The molecule has 2 rings (SSSR count). The van der Waals surface area contributed by atoms with Crippen LogP contribution in [0.2, 0.25) is 0 Å². The molecular formula is C12H11N5O4S. The number of carbonyl (C=O) groups is 1. The number of aromatic nitrogens is 3. The molecule has 0 atom stereocenters. The molecule has 0 saturated heterocycles. The molecule has 0 bridgehead atoms. The highest BCUT2D eigenvalue weighted by Gasteiger charge is 2.15. The molecule has 0 aliphatic heterocycles. The highest BCUT2D eigenvalue weighted by Crippen LogP contribution is 2.23. The lowest BCUT2D eigenvalue weighted by Gasteiger charge is -2.05. The van der Waals surface area contributed by atoms with Crippen molar-refractivity contribution in [3.63, 3.8) is 0 Å². The molecule has 1 amide bonds. The number of hydrogen-bond acceptors (Lipinski definition) is 7. The molecule has 0 saturated carbocycles. The zero-order valence-electron chi connectivity index (χ0n) is 11.4. The van der Waals surface area contributed by atoms with Gasteiger partial charge in [-0.2, -0.15) is 0 Å². The first kappa shape index (κ1) is 15.6. The van der Waals surface area contributed by atoms with Crippen molar-refractivity contribution < 1.29 is 9.72 Å².